The number of nitrogens with zero attached hydrogens (tertiary/aromatic N) is 3. The van der Waals surface area contributed by atoms with E-state index in [1.165, 1.54) is 49.8 Å². The summed E-state index contributed by atoms with van der Waals surface area (Å²) < 4.78 is 23.3. The molecule has 2 N–H and O–H groups in total. The summed E-state index contributed by atoms with van der Waals surface area (Å²) in [6, 6.07) is 13.1. The number of aliphatic hydroxyl groups excluding tert-OH is 1. The average molecular weight is 735 g/mol. The molecule has 3 fully saturated rings. The second kappa shape index (κ2) is 15.1. The molecular weight excluding hydrogens is 680 g/mol. The number of aliphatic hydroxyl groups is 1. The molecule has 2 aliphatic carbocycles. The molecule has 0 aromatic heterocycles. The number of halogens is 1. The van der Waals surface area contributed by atoms with Crippen molar-refractivity contribution >= 4 is 34.2 Å². The van der Waals surface area contributed by atoms with Gasteiger partial charge in [0.15, 0.2) is 0 Å². The maximum absolute atomic E-state index is 13.7. The number of benzene rings is 2. The number of anilines is 1. The molecule has 51 heavy (non-hydrogen) atoms. The summed E-state index contributed by atoms with van der Waals surface area (Å²) in [7, 11) is -1.65. The molecule has 4 aliphatic heterocycles. The molecule has 2 bridgehead atoms. The van der Waals surface area contributed by atoms with Crippen molar-refractivity contribution < 1.29 is 18.8 Å². The molecule has 8 rings (SSSR count). The third kappa shape index (κ3) is 7.15. The summed E-state index contributed by atoms with van der Waals surface area (Å²) in [5.74, 6) is 1.54. The Morgan fingerprint density at radius 1 is 1.04 bits per heavy atom. The molecule has 6 aliphatic rings. The zero-order chi connectivity index (χ0) is 35.1. The van der Waals surface area contributed by atoms with Gasteiger partial charge in [-0.3, -0.25) is 19.3 Å². The van der Waals surface area contributed by atoms with E-state index in [1.54, 1.807) is 6.07 Å². The fourth-order valence-corrected chi connectivity index (χ4v) is 11.8. The van der Waals surface area contributed by atoms with Gasteiger partial charge >= 0.3 is 0 Å². The maximum atomic E-state index is 13.7. The quantitative estimate of drug-likeness (QED) is 0.368. The van der Waals surface area contributed by atoms with E-state index in [4.69, 9.17) is 16.3 Å². The Bertz CT molecular complexity index is 1660. The highest BCUT2D eigenvalue weighted by molar-refractivity contribution is 7.84. The summed E-state index contributed by atoms with van der Waals surface area (Å²) in [6.07, 6.45) is 15.4. The van der Waals surface area contributed by atoms with Crippen LogP contribution >= 0.6 is 11.6 Å². The van der Waals surface area contributed by atoms with E-state index in [0.29, 0.717) is 42.5 Å². The van der Waals surface area contributed by atoms with E-state index in [2.05, 4.69) is 50.6 Å². The number of aryl methyl sites for hydroxylation is 1. The molecule has 2 saturated heterocycles. The third-order valence-electron chi connectivity index (χ3n) is 13.3. The van der Waals surface area contributed by atoms with E-state index in [9.17, 15) is 14.1 Å². The van der Waals surface area contributed by atoms with Crippen LogP contribution < -0.4 is 14.4 Å². The SMILES string of the molecule is CC1C/C=C/C(N2CCN3CCCCC3C2)C2CCC2CN2CC3(CCCc4cc(Cl)ccc43)COc3ccc(cc32)C(=O)NS(=O)C1CCO. The molecular formula is C41H55ClN4O4S. The number of hydrogen-bond acceptors (Lipinski definition) is 7. The first kappa shape index (κ1) is 35.6. The molecule has 2 aromatic rings. The predicted molar refractivity (Wildman–Crippen MR) is 205 cm³/mol. The van der Waals surface area contributed by atoms with Gasteiger partial charge in [0.25, 0.3) is 5.91 Å². The van der Waals surface area contributed by atoms with Gasteiger partial charge in [0.1, 0.15) is 16.7 Å². The van der Waals surface area contributed by atoms with Crippen molar-refractivity contribution in [1.82, 2.24) is 14.5 Å². The van der Waals surface area contributed by atoms with Crippen LogP contribution in [-0.4, -0.2) is 94.8 Å². The van der Waals surface area contributed by atoms with Gasteiger partial charge in [-0.05, 0) is 124 Å². The predicted octanol–water partition coefficient (Wildman–Crippen LogP) is 6.12. The number of amides is 1. The van der Waals surface area contributed by atoms with E-state index in [1.807, 2.05) is 18.2 Å². The number of fused-ring (bicyclic) bond motifs is 5. The molecule has 8 unspecified atom stereocenters. The van der Waals surface area contributed by atoms with Crippen molar-refractivity contribution in [2.24, 2.45) is 17.8 Å². The second-order valence-electron chi connectivity index (χ2n) is 16.4. The van der Waals surface area contributed by atoms with E-state index < -0.39 is 11.0 Å². The lowest BCUT2D eigenvalue weighted by atomic mass is 9.67. The van der Waals surface area contributed by atoms with Gasteiger partial charge in [-0.15, -0.1) is 0 Å². The minimum Gasteiger partial charge on any atom is -0.490 e. The van der Waals surface area contributed by atoms with Gasteiger partial charge in [-0.25, -0.2) is 4.21 Å². The lowest BCUT2D eigenvalue weighted by Gasteiger charge is -2.52. The van der Waals surface area contributed by atoms with Crippen LogP contribution in [0, 0.1) is 17.8 Å². The number of carbonyl (C=O) groups is 1. The Hall–Kier alpha value is -2.43. The summed E-state index contributed by atoms with van der Waals surface area (Å²) >= 11 is 6.51. The van der Waals surface area contributed by atoms with Crippen molar-refractivity contribution in [2.45, 2.75) is 93.9 Å². The molecule has 1 amide bonds. The number of ether oxygens (including phenoxy) is 1. The van der Waals surface area contributed by atoms with Gasteiger partial charge in [0, 0.05) is 67.4 Å². The largest absolute Gasteiger partial charge is 0.490 e. The maximum Gasteiger partial charge on any atom is 0.263 e. The van der Waals surface area contributed by atoms with Crippen LogP contribution in [0.1, 0.15) is 86.2 Å². The van der Waals surface area contributed by atoms with Gasteiger partial charge in [0.2, 0.25) is 0 Å². The first-order valence-corrected chi connectivity index (χ1v) is 21.2. The first-order chi connectivity index (χ1) is 24.8. The molecule has 276 valence electrons. The lowest BCUT2D eigenvalue weighted by Crippen LogP contribution is -2.60. The summed E-state index contributed by atoms with van der Waals surface area (Å²) in [5, 5.41) is 10.4. The van der Waals surface area contributed by atoms with Crippen molar-refractivity contribution in [3.63, 3.8) is 0 Å². The van der Waals surface area contributed by atoms with Crippen LogP contribution in [0.4, 0.5) is 5.69 Å². The highest BCUT2D eigenvalue weighted by Crippen LogP contribution is 2.47. The van der Waals surface area contributed by atoms with Crippen molar-refractivity contribution in [3.8, 4) is 5.75 Å². The minimum atomic E-state index is -1.65. The summed E-state index contributed by atoms with van der Waals surface area (Å²) in [5.41, 5.74) is 3.91. The van der Waals surface area contributed by atoms with Gasteiger partial charge in [-0.2, -0.15) is 0 Å². The Labute approximate surface area is 311 Å². The van der Waals surface area contributed by atoms with Crippen LogP contribution in [-0.2, 0) is 22.8 Å². The first-order valence-electron chi connectivity index (χ1n) is 19.6. The van der Waals surface area contributed by atoms with Crippen LogP contribution in [0.15, 0.2) is 48.6 Å². The third-order valence-corrected chi connectivity index (χ3v) is 15.2. The fourth-order valence-electron chi connectivity index (χ4n) is 10.3. The Balaban J connectivity index is 1.17. The fraction of sp³-hybridized carbons (Fsp3) is 0.634. The number of nitrogens with one attached hydrogen (secondary N) is 1. The van der Waals surface area contributed by atoms with Gasteiger partial charge in [-0.1, -0.05) is 43.2 Å². The molecule has 0 radical (unpaired) electrons. The van der Waals surface area contributed by atoms with Crippen LogP contribution in [0.5, 0.6) is 5.75 Å². The number of hydrogen-bond donors (Lipinski definition) is 2. The van der Waals surface area contributed by atoms with E-state index >= 15 is 0 Å². The normalized spacial score (nSPS) is 35.3. The smallest absolute Gasteiger partial charge is 0.263 e. The molecule has 1 spiro atoms. The van der Waals surface area contributed by atoms with Crippen molar-refractivity contribution in [3.05, 3.63) is 70.3 Å². The monoisotopic (exact) mass is 734 g/mol. The molecule has 2 aromatic carbocycles. The molecule has 8 atom stereocenters. The molecule has 8 nitrogen and oxygen atoms in total. The van der Waals surface area contributed by atoms with Crippen molar-refractivity contribution in [2.75, 3.05) is 57.4 Å². The highest BCUT2D eigenvalue weighted by atomic mass is 35.5. The number of carbonyl (C=O) groups excluding carboxylic acids is 1. The summed E-state index contributed by atoms with van der Waals surface area (Å²) in [6.45, 7) is 8.93. The van der Waals surface area contributed by atoms with Crippen LogP contribution in [0.2, 0.25) is 5.02 Å². The minimum absolute atomic E-state index is 0.0378. The van der Waals surface area contributed by atoms with Gasteiger partial charge < -0.3 is 14.7 Å². The second-order valence-corrected chi connectivity index (χ2v) is 18.2. The molecule has 4 heterocycles. The highest BCUT2D eigenvalue weighted by Gasteiger charge is 2.46. The summed E-state index contributed by atoms with van der Waals surface area (Å²) in [4.78, 5) is 21.8. The van der Waals surface area contributed by atoms with Crippen LogP contribution in [0.25, 0.3) is 0 Å². The molecule has 1 saturated carbocycles. The number of piperidine rings is 1. The number of rotatable bonds is 3. The topological polar surface area (TPSA) is 85.4 Å². The van der Waals surface area contributed by atoms with E-state index in [0.717, 1.165) is 74.9 Å². The van der Waals surface area contributed by atoms with Gasteiger partial charge in [0.05, 0.1) is 17.5 Å². The Morgan fingerprint density at radius 3 is 2.76 bits per heavy atom. The van der Waals surface area contributed by atoms with Crippen LogP contribution in [0.3, 0.4) is 0 Å². The van der Waals surface area contributed by atoms with Crippen molar-refractivity contribution in [1.29, 1.82) is 0 Å². The standard InChI is InChI=1S/C41H55ClN4O4S/c1-28-6-4-9-36(45-20-19-44-18-3-2-8-33(44)25-45)34-13-10-31(34)24-46-26-41(17-5-7-29-22-32(42)12-14-35(29)41)27-50-38-15-11-30(23-37(38)46)40(48)43-51(49)39(28)16-21-47/h4,9,11-12,14-15,22-23,28,31,33-34,36,39,47H,2-3,5-8,10,13,16-21,24-27H2,1H3,(H,43,48)/b9-4+. The zero-order valence-electron chi connectivity index (χ0n) is 30.1. The zero-order valence-corrected chi connectivity index (χ0v) is 31.7. The Morgan fingerprint density at radius 2 is 1.92 bits per heavy atom. The average Bonchev–Trinajstić information content (AvgIpc) is 3.27. The van der Waals surface area contributed by atoms with E-state index in [-0.39, 0.29) is 29.1 Å². The lowest BCUT2D eigenvalue weighted by molar-refractivity contribution is -0.00159. The molecule has 10 heteroatoms. The number of allylic oxidation sites excluding steroid dienone is 1. The number of piperazine rings is 1. The Kier molecular flexibility index (Phi) is 10.6.